The van der Waals surface area contributed by atoms with Crippen LogP contribution in [0.4, 0.5) is 5.69 Å². The highest BCUT2D eigenvalue weighted by molar-refractivity contribution is 7.19. The number of rotatable bonds is 7. The van der Waals surface area contributed by atoms with Gasteiger partial charge in [-0.05, 0) is 43.2 Å². The number of carbonyl (C=O) groups excluding carboxylic acids is 2. The van der Waals surface area contributed by atoms with Gasteiger partial charge in [0.15, 0.2) is 6.61 Å². The highest BCUT2D eigenvalue weighted by atomic mass is 32.1. The molecule has 3 aromatic rings. The lowest BCUT2D eigenvalue weighted by atomic mass is 9.90. The lowest BCUT2D eigenvalue weighted by Crippen LogP contribution is -2.50. The maximum atomic E-state index is 12.6. The fraction of sp³-hybridized carbons (Fsp3) is 0.269. The molecule has 1 aliphatic rings. The van der Waals surface area contributed by atoms with Crippen LogP contribution in [-0.2, 0) is 9.53 Å². The average molecular weight is 504 g/mol. The van der Waals surface area contributed by atoms with E-state index in [-0.39, 0.29) is 29.6 Å². The zero-order valence-corrected chi connectivity index (χ0v) is 20.8. The Morgan fingerprint density at radius 3 is 2.75 bits per heavy atom. The zero-order chi connectivity index (χ0) is 26.0. The van der Waals surface area contributed by atoms with Crippen LogP contribution in [0.3, 0.4) is 0 Å². The number of anilines is 1. The first kappa shape index (κ1) is 24.9. The van der Waals surface area contributed by atoms with Crippen molar-refractivity contribution in [1.29, 1.82) is 10.7 Å². The third kappa shape index (κ3) is 4.78. The molecule has 0 saturated carbocycles. The van der Waals surface area contributed by atoms with Crippen LogP contribution in [0, 0.1) is 22.7 Å². The minimum atomic E-state index is -1.07. The Balaban J connectivity index is 1.45. The van der Waals surface area contributed by atoms with Crippen LogP contribution in [0.15, 0.2) is 54.3 Å². The number of esters is 1. The number of ether oxygens (including phenoxy) is 1. The number of thiazole rings is 1. The van der Waals surface area contributed by atoms with Crippen molar-refractivity contribution in [2.24, 2.45) is 5.92 Å². The number of aliphatic hydroxyl groups is 1. The average Bonchev–Trinajstić information content (AvgIpc) is 3.41. The van der Waals surface area contributed by atoms with Gasteiger partial charge in [-0.2, -0.15) is 5.26 Å². The summed E-state index contributed by atoms with van der Waals surface area (Å²) in [4.78, 5) is 31.0. The lowest BCUT2D eigenvalue weighted by molar-refractivity contribution is -0.125. The number of nitrogens with one attached hydrogen (secondary N) is 2. The predicted molar refractivity (Wildman–Crippen MR) is 138 cm³/mol. The summed E-state index contributed by atoms with van der Waals surface area (Å²) in [6, 6.07) is 16.1. The van der Waals surface area contributed by atoms with Gasteiger partial charge >= 0.3 is 5.97 Å². The van der Waals surface area contributed by atoms with Gasteiger partial charge in [0, 0.05) is 5.69 Å². The molecule has 1 unspecified atom stereocenters. The highest BCUT2D eigenvalue weighted by Gasteiger charge is 2.32. The molecule has 0 aliphatic carbocycles. The van der Waals surface area contributed by atoms with Gasteiger partial charge < -0.3 is 20.1 Å². The van der Waals surface area contributed by atoms with Crippen LogP contribution < -0.4 is 10.2 Å². The van der Waals surface area contributed by atoms with E-state index in [0.29, 0.717) is 16.3 Å². The van der Waals surface area contributed by atoms with Crippen LogP contribution in [0.2, 0.25) is 0 Å². The summed E-state index contributed by atoms with van der Waals surface area (Å²) in [5.74, 6) is -1.33. The molecule has 10 heteroatoms. The van der Waals surface area contributed by atoms with Crippen LogP contribution in [0.5, 0.6) is 0 Å². The topological polar surface area (TPSA) is 139 Å². The molecule has 1 aromatic heterocycles. The number of nitriles is 1. The monoisotopic (exact) mass is 503 g/mol. The highest BCUT2D eigenvalue weighted by Crippen LogP contribution is 2.35. The van der Waals surface area contributed by atoms with E-state index < -0.39 is 24.0 Å². The Labute approximate surface area is 212 Å². The number of carbonyl (C=O) groups is 2. The number of hydrogen-bond acceptors (Lipinski definition) is 8. The first-order valence-electron chi connectivity index (χ1n) is 11.3. The number of aromatic nitrogens is 1. The molecule has 0 fully saturated rings. The molecule has 2 aromatic carbocycles. The summed E-state index contributed by atoms with van der Waals surface area (Å²) in [6.45, 7) is 4.76. The van der Waals surface area contributed by atoms with Gasteiger partial charge in [-0.1, -0.05) is 32.0 Å². The smallest absolute Gasteiger partial charge is 0.338 e. The second kappa shape index (κ2) is 9.79. The Hall–Kier alpha value is -4.23. The largest absolute Gasteiger partial charge is 0.510 e. The minimum absolute atomic E-state index is 0.0226. The first-order valence-corrected chi connectivity index (χ1v) is 12.1. The third-order valence-electron chi connectivity index (χ3n) is 6.12. The van der Waals surface area contributed by atoms with Crippen LogP contribution in [0.25, 0.3) is 15.8 Å². The molecule has 3 N–H and O–H groups in total. The van der Waals surface area contributed by atoms with Crippen molar-refractivity contribution < 1.29 is 19.4 Å². The third-order valence-corrected chi connectivity index (χ3v) is 7.18. The summed E-state index contributed by atoms with van der Waals surface area (Å²) in [5, 5.41) is 31.8. The van der Waals surface area contributed by atoms with Crippen molar-refractivity contribution in [3.63, 3.8) is 0 Å². The quantitative estimate of drug-likeness (QED) is 0.409. The van der Waals surface area contributed by atoms with Crippen molar-refractivity contribution in [2.45, 2.75) is 26.3 Å². The van der Waals surface area contributed by atoms with E-state index in [1.807, 2.05) is 38.1 Å². The molecule has 2 heterocycles. The van der Waals surface area contributed by atoms with Crippen molar-refractivity contribution in [3.05, 3.63) is 64.9 Å². The van der Waals surface area contributed by atoms with E-state index in [4.69, 9.17) is 10.1 Å². The Kier molecular flexibility index (Phi) is 6.77. The van der Waals surface area contributed by atoms with Gasteiger partial charge in [-0.15, -0.1) is 11.3 Å². The lowest BCUT2D eigenvalue weighted by Gasteiger charge is -2.27. The second-order valence-electron chi connectivity index (χ2n) is 8.89. The number of amidine groups is 1. The minimum Gasteiger partial charge on any atom is -0.510 e. The van der Waals surface area contributed by atoms with Crippen LogP contribution >= 0.6 is 11.3 Å². The molecule has 1 aliphatic heterocycles. The number of para-hydroxylation sites is 1. The maximum Gasteiger partial charge on any atom is 0.338 e. The Morgan fingerprint density at radius 2 is 2.06 bits per heavy atom. The number of nitrogens with zero attached hydrogens (tertiary/aromatic N) is 3. The van der Waals surface area contributed by atoms with Gasteiger partial charge in [-0.25, -0.2) is 9.78 Å². The summed E-state index contributed by atoms with van der Waals surface area (Å²) >= 11 is 1.40. The molecule has 0 saturated heterocycles. The zero-order valence-electron chi connectivity index (χ0n) is 20.0. The number of aliphatic hydroxyl groups excluding tert-OH is 1. The summed E-state index contributed by atoms with van der Waals surface area (Å²) in [5.41, 5.74) is 0.773. The standard InChI is InChI=1S/C26H25N5O4S/c1-15(2)26(3,14-27)30-21(33)13-35-25(34)16-7-6-8-17(11-16)31-12-19(32)22(23(31)28)24-29-18-9-4-5-10-20(18)36-24/h4-11,15,28,32H,12-13H2,1-3H3,(H,30,33). The van der Waals surface area contributed by atoms with E-state index in [0.717, 1.165) is 10.2 Å². The second-order valence-corrected chi connectivity index (χ2v) is 9.92. The molecule has 4 rings (SSSR count). The predicted octanol–water partition coefficient (Wildman–Crippen LogP) is 4.27. The van der Waals surface area contributed by atoms with Crippen LogP contribution in [-0.4, -0.2) is 46.5 Å². The van der Waals surface area contributed by atoms with Gasteiger partial charge in [0.2, 0.25) is 0 Å². The van der Waals surface area contributed by atoms with Gasteiger partial charge in [-0.3, -0.25) is 10.2 Å². The van der Waals surface area contributed by atoms with E-state index in [9.17, 15) is 20.0 Å². The van der Waals surface area contributed by atoms with Crippen molar-refractivity contribution in [1.82, 2.24) is 10.3 Å². The molecule has 0 radical (unpaired) electrons. The molecule has 1 atom stereocenters. The van der Waals surface area contributed by atoms with E-state index >= 15 is 0 Å². The normalized spacial score (nSPS) is 15.2. The van der Waals surface area contributed by atoms with Crippen LogP contribution in [0.1, 0.15) is 36.1 Å². The van der Waals surface area contributed by atoms with Gasteiger partial charge in [0.25, 0.3) is 5.91 Å². The molecule has 0 bridgehead atoms. The molecule has 1 amide bonds. The number of hydrogen-bond donors (Lipinski definition) is 3. The molecule has 0 spiro atoms. The summed E-state index contributed by atoms with van der Waals surface area (Å²) in [7, 11) is 0. The van der Waals surface area contributed by atoms with Gasteiger partial charge in [0.1, 0.15) is 22.1 Å². The molecule has 9 nitrogen and oxygen atoms in total. The fourth-order valence-electron chi connectivity index (χ4n) is 3.65. The van der Waals surface area contributed by atoms with E-state index in [1.54, 1.807) is 30.0 Å². The van der Waals surface area contributed by atoms with E-state index in [2.05, 4.69) is 16.4 Å². The van der Waals surface area contributed by atoms with Crippen molar-refractivity contribution >= 4 is 50.5 Å². The fourth-order valence-corrected chi connectivity index (χ4v) is 4.68. The van der Waals surface area contributed by atoms with Crippen molar-refractivity contribution in [3.8, 4) is 6.07 Å². The molecular formula is C26H25N5O4S. The molecule has 36 heavy (non-hydrogen) atoms. The van der Waals surface area contributed by atoms with Crippen molar-refractivity contribution in [2.75, 3.05) is 18.1 Å². The summed E-state index contributed by atoms with van der Waals surface area (Å²) < 4.78 is 6.10. The van der Waals surface area contributed by atoms with E-state index in [1.165, 1.54) is 17.4 Å². The molecular weight excluding hydrogens is 478 g/mol. The summed E-state index contributed by atoms with van der Waals surface area (Å²) in [6.07, 6.45) is 0. The Morgan fingerprint density at radius 1 is 1.31 bits per heavy atom. The Bertz CT molecular complexity index is 1400. The first-order chi connectivity index (χ1) is 17.1. The SMILES string of the molecule is CC(C)C(C)(C#N)NC(=O)COC(=O)c1cccc(N2CC(O)=C(c3nc4ccccc4s3)C2=N)c1. The number of amides is 1. The number of fused-ring (bicyclic) bond motifs is 1. The van der Waals surface area contributed by atoms with Gasteiger partial charge in [0.05, 0.1) is 34.0 Å². The molecule has 184 valence electrons. The maximum absolute atomic E-state index is 12.6. The number of benzene rings is 2.